The van der Waals surface area contributed by atoms with E-state index >= 15 is 0 Å². The SMILES string of the molecule is C=C1[C@@H](C)[C@H]2CC[C@]1(C)C2(C)C. The van der Waals surface area contributed by atoms with Crippen LogP contribution in [0.5, 0.6) is 0 Å². The van der Waals surface area contributed by atoms with Crippen molar-refractivity contribution in [3.8, 4) is 0 Å². The van der Waals surface area contributed by atoms with Crippen molar-refractivity contribution in [2.45, 2.75) is 40.5 Å². The lowest BCUT2D eigenvalue weighted by molar-refractivity contribution is 0.173. The quantitative estimate of drug-likeness (QED) is 0.479. The molecule has 0 heteroatoms. The van der Waals surface area contributed by atoms with Crippen LogP contribution in [0.15, 0.2) is 12.2 Å². The molecule has 0 aliphatic heterocycles. The molecule has 0 amide bonds. The molecular weight excluding hydrogens is 144 g/mol. The Morgan fingerprint density at radius 1 is 1.33 bits per heavy atom. The van der Waals surface area contributed by atoms with Gasteiger partial charge in [-0.05, 0) is 35.5 Å². The van der Waals surface area contributed by atoms with Gasteiger partial charge < -0.3 is 0 Å². The fourth-order valence-electron chi connectivity index (χ4n) is 3.73. The zero-order chi connectivity index (χ0) is 9.15. The van der Waals surface area contributed by atoms with E-state index in [4.69, 9.17) is 0 Å². The average molecular weight is 164 g/mol. The number of fused-ring (bicyclic) bond motifs is 2. The maximum absolute atomic E-state index is 4.29. The first-order chi connectivity index (χ1) is 5.41. The molecule has 0 aromatic rings. The van der Waals surface area contributed by atoms with Gasteiger partial charge in [-0.25, -0.2) is 0 Å². The van der Waals surface area contributed by atoms with E-state index in [1.54, 1.807) is 0 Å². The van der Waals surface area contributed by atoms with Crippen LogP contribution in [0.1, 0.15) is 40.5 Å². The largest absolute Gasteiger partial charge is 0.0990 e. The lowest BCUT2D eigenvalue weighted by atomic mass is 9.69. The Morgan fingerprint density at radius 3 is 2.17 bits per heavy atom. The van der Waals surface area contributed by atoms with Crippen LogP contribution in [0.3, 0.4) is 0 Å². The lowest BCUT2D eigenvalue weighted by Crippen LogP contribution is -2.27. The second-order valence-corrected chi connectivity index (χ2v) is 5.51. The summed E-state index contributed by atoms with van der Waals surface area (Å²) in [5.41, 5.74) is 2.46. The highest BCUT2D eigenvalue weighted by Crippen LogP contribution is 2.69. The Kier molecular flexibility index (Phi) is 1.37. The van der Waals surface area contributed by atoms with Crippen LogP contribution in [0.4, 0.5) is 0 Å². The van der Waals surface area contributed by atoms with Gasteiger partial charge in [0.25, 0.3) is 0 Å². The zero-order valence-corrected chi connectivity index (χ0v) is 8.78. The highest BCUT2D eigenvalue weighted by molar-refractivity contribution is 5.29. The van der Waals surface area contributed by atoms with E-state index < -0.39 is 0 Å². The molecule has 2 aliphatic carbocycles. The number of allylic oxidation sites excluding steroid dienone is 1. The monoisotopic (exact) mass is 164 g/mol. The molecule has 0 aromatic heterocycles. The van der Waals surface area contributed by atoms with Crippen LogP contribution in [-0.4, -0.2) is 0 Å². The number of rotatable bonds is 0. The summed E-state index contributed by atoms with van der Waals surface area (Å²) in [6.07, 6.45) is 2.79. The second-order valence-electron chi connectivity index (χ2n) is 5.51. The Balaban J connectivity index is 2.50. The normalized spacial score (nSPS) is 50.2. The zero-order valence-electron chi connectivity index (χ0n) is 8.78. The third kappa shape index (κ3) is 0.616. The van der Waals surface area contributed by atoms with Gasteiger partial charge in [0, 0.05) is 0 Å². The molecule has 0 radical (unpaired) electrons. The Morgan fingerprint density at radius 2 is 1.92 bits per heavy atom. The van der Waals surface area contributed by atoms with Crippen molar-refractivity contribution in [2.75, 3.05) is 0 Å². The van der Waals surface area contributed by atoms with E-state index in [0.717, 1.165) is 11.8 Å². The average Bonchev–Trinajstić information content (AvgIpc) is 2.26. The summed E-state index contributed by atoms with van der Waals surface area (Å²) >= 11 is 0. The molecule has 0 aromatic carbocycles. The molecule has 0 saturated heterocycles. The minimum atomic E-state index is 0.442. The molecule has 0 spiro atoms. The first kappa shape index (κ1) is 8.34. The van der Waals surface area contributed by atoms with Crippen molar-refractivity contribution < 1.29 is 0 Å². The number of hydrogen-bond donors (Lipinski definition) is 0. The van der Waals surface area contributed by atoms with Gasteiger partial charge in [-0.3, -0.25) is 0 Å². The van der Waals surface area contributed by atoms with Crippen LogP contribution < -0.4 is 0 Å². The van der Waals surface area contributed by atoms with Gasteiger partial charge in [0.2, 0.25) is 0 Å². The highest BCUT2D eigenvalue weighted by atomic mass is 14.6. The molecule has 2 fully saturated rings. The standard InChI is InChI=1S/C12H20/c1-8-9(2)12(5)7-6-10(8)11(12,3)4/h8,10H,2,6-7H2,1,3-5H3/t8-,10-,12+/m1/s1. The fraction of sp³-hybridized carbons (Fsp3) is 0.833. The van der Waals surface area contributed by atoms with Gasteiger partial charge in [0.1, 0.15) is 0 Å². The minimum Gasteiger partial charge on any atom is -0.0990 e. The van der Waals surface area contributed by atoms with Crippen molar-refractivity contribution in [3.63, 3.8) is 0 Å². The number of hydrogen-bond acceptors (Lipinski definition) is 0. The summed E-state index contributed by atoms with van der Waals surface area (Å²) in [7, 11) is 0. The summed E-state index contributed by atoms with van der Waals surface area (Å²) in [5.74, 6) is 1.66. The van der Waals surface area contributed by atoms with Crippen LogP contribution in [-0.2, 0) is 0 Å². The van der Waals surface area contributed by atoms with Crippen molar-refractivity contribution >= 4 is 0 Å². The first-order valence-electron chi connectivity index (χ1n) is 5.10. The van der Waals surface area contributed by atoms with E-state index in [1.807, 2.05) is 0 Å². The molecule has 12 heavy (non-hydrogen) atoms. The van der Waals surface area contributed by atoms with Crippen molar-refractivity contribution in [3.05, 3.63) is 12.2 Å². The Labute approximate surface area is 76.1 Å². The molecule has 2 aliphatic rings. The van der Waals surface area contributed by atoms with E-state index in [1.165, 1.54) is 18.4 Å². The molecule has 0 unspecified atom stereocenters. The Bertz CT molecular complexity index is 236. The van der Waals surface area contributed by atoms with Crippen LogP contribution in [0.25, 0.3) is 0 Å². The molecule has 2 rings (SSSR count). The van der Waals surface area contributed by atoms with Crippen molar-refractivity contribution in [1.29, 1.82) is 0 Å². The Hall–Kier alpha value is -0.260. The molecular formula is C12H20. The van der Waals surface area contributed by atoms with Gasteiger partial charge in [-0.15, -0.1) is 0 Å². The van der Waals surface area contributed by atoms with Crippen molar-refractivity contribution in [1.82, 2.24) is 0 Å². The predicted octanol–water partition coefficient (Wildman–Crippen LogP) is 3.63. The summed E-state index contributed by atoms with van der Waals surface area (Å²) < 4.78 is 0. The summed E-state index contributed by atoms with van der Waals surface area (Å²) in [6.45, 7) is 13.9. The van der Waals surface area contributed by atoms with Gasteiger partial charge in [0.15, 0.2) is 0 Å². The maximum Gasteiger partial charge on any atom is -0.00622 e. The van der Waals surface area contributed by atoms with Crippen LogP contribution in [0, 0.1) is 22.7 Å². The van der Waals surface area contributed by atoms with Crippen LogP contribution in [0.2, 0.25) is 0 Å². The van der Waals surface area contributed by atoms with Gasteiger partial charge in [0.05, 0.1) is 0 Å². The topological polar surface area (TPSA) is 0 Å². The van der Waals surface area contributed by atoms with Crippen LogP contribution >= 0.6 is 0 Å². The molecule has 0 N–H and O–H groups in total. The van der Waals surface area contributed by atoms with Gasteiger partial charge >= 0.3 is 0 Å². The van der Waals surface area contributed by atoms with E-state index in [9.17, 15) is 0 Å². The lowest BCUT2D eigenvalue weighted by Gasteiger charge is -2.35. The van der Waals surface area contributed by atoms with Gasteiger partial charge in [-0.2, -0.15) is 0 Å². The van der Waals surface area contributed by atoms with E-state index in [2.05, 4.69) is 34.3 Å². The molecule has 3 atom stereocenters. The highest BCUT2D eigenvalue weighted by Gasteiger charge is 2.61. The second kappa shape index (κ2) is 1.97. The molecule has 2 saturated carbocycles. The molecule has 2 bridgehead atoms. The van der Waals surface area contributed by atoms with E-state index in [-0.39, 0.29) is 0 Å². The summed E-state index contributed by atoms with van der Waals surface area (Å²) in [4.78, 5) is 0. The summed E-state index contributed by atoms with van der Waals surface area (Å²) in [5, 5.41) is 0. The smallest absolute Gasteiger partial charge is 0.00622 e. The third-order valence-electron chi connectivity index (χ3n) is 5.17. The fourth-order valence-corrected chi connectivity index (χ4v) is 3.73. The molecule has 68 valence electrons. The predicted molar refractivity (Wildman–Crippen MR) is 52.9 cm³/mol. The maximum atomic E-state index is 4.29. The minimum absolute atomic E-state index is 0.442. The third-order valence-corrected chi connectivity index (χ3v) is 5.17. The van der Waals surface area contributed by atoms with Gasteiger partial charge in [-0.1, -0.05) is 39.8 Å². The van der Waals surface area contributed by atoms with Crippen molar-refractivity contribution in [2.24, 2.45) is 22.7 Å². The molecule has 0 heterocycles. The van der Waals surface area contributed by atoms with E-state index in [0.29, 0.717) is 10.8 Å². The molecule has 0 nitrogen and oxygen atoms in total. The first-order valence-corrected chi connectivity index (χ1v) is 5.10. The summed E-state index contributed by atoms with van der Waals surface area (Å²) in [6, 6.07) is 0.